The van der Waals surface area contributed by atoms with Gasteiger partial charge in [0.05, 0.1) is 35.5 Å². The van der Waals surface area contributed by atoms with Crippen LogP contribution in [0.25, 0.3) is 16.0 Å². The summed E-state index contributed by atoms with van der Waals surface area (Å²) in [6, 6.07) is 14.3. The molecule has 2 heterocycles. The number of fused-ring (bicyclic) bond motifs is 1. The van der Waals surface area contributed by atoms with Crippen molar-refractivity contribution < 1.29 is 28.6 Å². The Labute approximate surface area is 220 Å². The average molecular weight is 539 g/mol. The van der Waals surface area contributed by atoms with Crippen molar-refractivity contribution in [2.24, 2.45) is 0 Å². The topological polar surface area (TPSA) is 89.0 Å². The van der Waals surface area contributed by atoms with E-state index in [1.54, 1.807) is 42.5 Å². The van der Waals surface area contributed by atoms with Crippen molar-refractivity contribution in [3.63, 3.8) is 0 Å². The second kappa shape index (κ2) is 9.84. The number of anilines is 1. The standard InChI is InChI=1S/C27H20ClFN2O5S/c1-3-36-19-11-6-15(12-20(19)35-2)23-22(24(32)14-4-7-16(28)8-5-14)25(33)26(34)31(23)27-30-18-10-9-17(29)13-21(18)37-27/h4-13,23,32H,3H2,1-2H3. The van der Waals surface area contributed by atoms with Gasteiger partial charge in [-0.15, -0.1) is 0 Å². The fourth-order valence-electron chi connectivity index (χ4n) is 4.23. The zero-order chi connectivity index (χ0) is 26.3. The summed E-state index contributed by atoms with van der Waals surface area (Å²) >= 11 is 7.06. The SMILES string of the molecule is CCOc1ccc(C2C(=C(O)c3ccc(Cl)cc3)C(=O)C(=O)N2c2nc3ccc(F)cc3s2)cc1OC. The third-order valence-electron chi connectivity index (χ3n) is 5.91. The van der Waals surface area contributed by atoms with Crippen LogP contribution >= 0.6 is 22.9 Å². The molecule has 0 radical (unpaired) electrons. The van der Waals surface area contributed by atoms with Crippen molar-refractivity contribution in [2.45, 2.75) is 13.0 Å². The molecule has 1 amide bonds. The minimum Gasteiger partial charge on any atom is -0.507 e. The smallest absolute Gasteiger partial charge is 0.301 e. The largest absolute Gasteiger partial charge is 0.507 e. The van der Waals surface area contributed by atoms with Crippen molar-refractivity contribution in [1.82, 2.24) is 4.98 Å². The van der Waals surface area contributed by atoms with Gasteiger partial charge in [-0.25, -0.2) is 9.37 Å². The Morgan fingerprint density at radius 1 is 1.11 bits per heavy atom. The first-order valence-electron chi connectivity index (χ1n) is 11.3. The Morgan fingerprint density at radius 2 is 1.86 bits per heavy atom. The molecular formula is C27H20ClFN2O5S. The molecule has 1 aromatic heterocycles. The fourth-order valence-corrected chi connectivity index (χ4v) is 5.37. The maximum atomic E-state index is 13.8. The van der Waals surface area contributed by atoms with E-state index in [1.807, 2.05) is 6.92 Å². The number of thiazole rings is 1. The molecule has 1 atom stereocenters. The van der Waals surface area contributed by atoms with E-state index < -0.39 is 23.5 Å². The molecule has 0 aliphatic carbocycles. The summed E-state index contributed by atoms with van der Waals surface area (Å²) in [7, 11) is 1.48. The minimum absolute atomic E-state index is 0.121. The Balaban J connectivity index is 1.73. The van der Waals surface area contributed by atoms with Gasteiger partial charge < -0.3 is 14.6 Å². The molecule has 1 aliphatic heterocycles. The third kappa shape index (κ3) is 4.41. The van der Waals surface area contributed by atoms with Gasteiger partial charge >= 0.3 is 5.91 Å². The summed E-state index contributed by atoms with van der Waals surface area (Å²) in [5, 5.41) is 11.9. The maximum Gasteiger partial charge on any atom is 0.301 e. The van der Waals surface area contributed by atoms with Crippen LogP contribution in [0.15, 0.2) is 66.2 Å². The predicted molar refractivity (Wildman–Crippen MR) is 140 cm³/mol. The van der Waals surface area contributed by atoms with Crippen molar-refractivity contribution >= 4 is 55.7 Å². The number of carbonyl (C=O) groups is 2. The predicted octanol–water partition coefficient (Wildman–Crippen LogP) is 6.12. The highest BCUT2D eigenvalue weighted by molar-refractivity contribution is 7.22. The lowest BCUT2D eigenvalue weighted by molar-refractivity contribution is -0.132. The van der Waals surface area contributed by atoms with Gasteiger partial charge in [-0.1, -0.05) is 29.0 Å². The molecule has 10 heteroatoms. The monoisotopic (exact) mass is 538 g/mol. The first kappa shape index (κ1) is 24.7. The molecular weight excluding hydrogens is 519 g/mol. The van der Waals surface area contributed by atoms with Crippen LogP contribution in [0, 0.1) is 5.82 Å². The normalized spacial score (nSPS) is 17.0. The summed E-state index contributed by atoms with van der Waals surface area (Å²) < 4.78 is 25.5. The summed E-state index contributed by atoms with van der Waals surface area (Å²) in [6.07, 6.45) is 0. The number of nitrogens with zero attached hydrogens (tertiary/aromatic N) is 2. The Morgan fingerprint density at radius 3 is 2.57 bits per heavy atom. The quantitative estimate of drug-likeness (QED) is 0.181. The maximum absolute atomic E-state index is 13.8. The lowest BCUT2D eigenvalue weighted by atomic mass is 9.95. The molecule has 1 aliphatic rings. The first-order chi connectivity index (χ1) is 17.8. The van der Waals surface area contributed by atoms with Crippen molar-refractivity contribution in [3.8, 4) is 11.5 Å². The number of methoxy groups -OCH3 is 1. The van der Waals surface area contributed by atoms with Crippen molar-refractivity contribution in [2.75, 3.05) is 18.6 Å². The Bertz CT molecular complexity index is 1570. The number of Topliss-reactive ketones (excluding diaryl/α,β-unsaturated/α-hetero) is 1. The third-order valence-corrected chi connectivity index (χ3v) is 7.18. The van der Waals surface area contributed by atoms with E-state index in [9.17, 15) is 19.1 Å². The van der Waals surface area contributed by atoms with Gasteiger partial charge in [0.1, 0.15) is 11.6 Å². The molecule has 0 spiro atoms. The van der Waals surface area contributed by atoms with Gasteiger partial charge in [-0.05, 0) is 67.1 Å². The highest BCUT2D eigenvalue weighted by Gasteiger charge is 2.48. The van der Waals surface area contributed by atoms with E-state index in [-0.39, 0.29) is 16.5 Å². The molecule has 1 N–H and O–H groups in total. The number of hydrogen-bond donors (Lipinski definition) is 1. The van der Waals surface area contributed by atoms with E-state index in [0.29, 0.717) is 44.5 Å². The number of ketones is 1. The van der Waals surface area contributed by atoms with Crippen molar-refractivity contribution in [3.05, 3.63) is 88.2 Å². The number of hydrogen-bond acceptors (Lipinski definition) is 7. The molecule has 3 aromatic carbocycles. The van der Waals surface area contributed by atoms with Gasteiger partial charge in [0.25, 0.3) is 5.78 Å². The van der Waals surface area contributed by atoms with Crippen LogP contribution in [0.3, 0.4) is 0 Å². The Kier molecular flexibility index (Phi) is 6.57. The number of amides is 1. The van der Waals surface area contributed by atoms with Crippen LogP contribution < -0.4 is 14.4 Å². The summed E-state index contributed by atoms with van der Waals surface area (Å²) in [6.45, 7) is 2.25. The van der Waals surface area contributed by atoms with E-state index >= 15 is 0 Å². The molecule has 1 unspecified atom stereocenters. The fraction of sp³-hybridized carbons (Fsp3) is 0.148. The van der Waals surface area contributed by atoms with E-state index in [2.05, 4.69) is 4.98 Å². The molecule has 1 saturated heterocycles. The average Bonchev–Trinajstić information content (AvgIpc) is 3.42. The lowest BCUT2D eigenvalue weighted by Gasteiger charge is -2.24. The number of ether oxygens (including phenoxy) is 2. The number of aliphatic hydroxyl groups excluding tert-OH is 1. The van der Waals surface area contributed by atoms with Crippen LogP contribution in [0.5, 0.6) is 11.5 Å². The van der Waals surface area contributed by atoms with Crippen LogP contribution in [-0.4, -0.2) is 35.5 Å². The van der Waals surface area contributed by atoms with Gasteiger partial charge in [0.2, 0.25) is 0 Å². The summed E-state index contributed by atoms with van der Waals surface area (Å²) in [5.74, 6) is -1.67. The van der Waals surface area contributed by atoms with E-state index in [0.717, 1.165) is 11.3 Å². The zero-order valence-corrected chi connectivity index (χ0v) is 21.3. The van der Waals surface area contributed by atoms with Gasteiger partial charge in [0.15, 0.2) is 16.6 Å². The van der Waals surface area contributed by atoms with Crippen LogP contribution in [-0.2, 0) is 9.59 Å². The number of aliphatic hydroxyl groups is 1. The van der Waals surface area contributed by atoms with Crippen LogP contribution in [0.4, 0.5) is 9.52 Å². The van der Waals surface area contributed by atoms with Crippen LogP contribution in [0.1, 0.15) is 24.1 Å². The number of aromatic nitrogens is 1. The molecule has 5 rings (SSSR count). The summed E-state index contributed by atoms with van der Waals surface area (Å²) in [5.41, 5.74) is 1.16. The molecule has 37 heavy (non-hydrogen) atoms. The number of rotatable bonds is 6. The van der Waals surface area contributed by atoms with Crippen molar-refractivity contribution in [1.29, 1.82) is 0 Å². The van der Waals surface area contributed by atoms with Gasteiger partial charge in [-0.2, -0.15) is 0 Å². The number of carbonyl (C=O) groups excluding carboxylic acids is 2. The zero-order valence-electron chi connectivity index (χ0n) is 19.7. The molecule has 188 valence electrons. The lowest BCUT2D eigenvalue weighted by Crippen LogP contribution is -2.29. The minimum atomic E-state index is -1.04. The van der Waals surface area contributed by atoms with Gasteiger partial charge in [-0.3, -0.25) is 14.5 Å². The highest BCUT2D eigenvalue weighted by Crippen LogP contribution is 2.46. The highest BCUT2D eigenvalue weighted by atomic mass is 35.5. The van der Waals surface area contributed by atoms with Crippen LogP contribution in [0.2, 0.25) is 5.02 Å². The second-order valence-corrected chi connectivity index (χ2v) is 9.57. The molecule has 1 fully saturated rings. The van der Waals surface area contributed by atoms with E-state index in [4.69, 9.17) is 21.1 Å². The molecule has 4 aromatic rings. The number of halogens is 2. The molecule has 7 nitrogen and oxygen atoms in total. The second-order valence-electron chi connectivity index (χ2n) is 8.13. The Hall–Kier alpha value is -3.95. The summed E-state index contributed by atoms with van der Waals surface area (Å²) in [4.78, 5) is 32.5. The van der Waals surface area contributed by atoms with Gasteiger partial charge in [0, 0.05) is 10.6 Å². The number of benzene rings is 3. The molecule has 0 saturated carbocycles. The molecule has 0 bridgehead atoms. The first-order valence-corrected chi connectivity index (χ1v) is 12.5. The van der Waals surface area contributed by atoms with E-state index in [1.165, 1.54) is 30.2 Å².